The van der Waals surface area contributed by atoms with Crippen molar-refractivity contribution in [3.8, 4) is 0 Å². The van der Waals surface area contributed by atoms with E-state index in [0.717, 1.165) is 44.4 Å². The molecule has 2 aliphatic carbocycles. The van der Waals surface area contributed by atoms with Crippen LogP contribution in [0.4, 0.5) is 0 Å². The first kappa shape index (κ1) is 13.9. The number of carbonyl (C=O) groups is 1. The van der Waals surface area contributed by atoms with Crippen molar-refractivity contribution in [2.75, 3.05) is 0 Å². The van der Waals surface area contributed by atoms with Gasteiger partial charge in [-0.15, -0.1) is 0 Å². The molecule has 0 bridgehead atoms. The van der Waals surface area contributed by atoms with Gasteiger partial charge in [0.15, 0.2) is 0 Å². The number of rotatable bonds is 2. The predicted molar refractivity (Wildman–Crippen MR) is 74.1 cm³/mol. The van der Waals surface area contributed by atoms with Gasteiger partial charge in [0.05, 0.1) is 0 Å². The van der Waals surface area contributed by atoms with Crippen molar-refractivity contribution in [3.63, 3.8) is 0 Å². The molecule has 0 aromatic rings. The molecule has 0 aromatic carbocycles. The summed E-state index contributed by atoms with van der Waals surface area (Å²) in [7, 11) is 0. The van der Waals surface area contributed by atoms with Crippen LogP contribution in [0.1, 0.15) is 64.7 Å². The molecular weight excluding hydrogens is 224 g/mol. The van der Waals surface area contributed by atoms with Crippen LogP contribution in [0.2, 0.25) is 0 Å². The van der Waals surface area contributed by atoms with Gasteiger partial charge in [-0.05, 0) is 44.4 Å². The van der Waals surface area contributed by atoms with Crippen LogP contribution in [0.5, 0.6) is 0 Å². The predicted octanol–water partition coefficient (Wildman–Crippen LogP) is 2.59. The van der Waals surface area contributed by atoms with Crippen molar-refractivity contribution >= 4 is 5.91 Å². The van der Waals surface area contributed by atoms with E-state index in [1.54, 1.807) is 0 Å². The van der Waals surface area contributed by atoms with E-state index in [4.69, 9.17) is 5.73 Å². The summed E-state index contributed by atoms with van der Waals surface area (Å²) in [5.74, 6) is 1.27. The molecule has 0 aromatic heterocycles. The van der Waals surface area contributed by atoms with E-state index in [-0.39, 0.29) is 17.9 Å². The molecule has 1 amide bonds. The summed E-state index contributed by atoms with van der Waals surface area (Å²) in [5.41, 5.74) is 5.96. The van der Waals surface area contributed by atoms with Gasteiger partial charge < -0.3 is 11.1 Å². The summed E-state index contributed by atoms with van der Waals surface area (Å²) < 4.78 is 0. The van der Waals surface area contributed by atoms with Gasteiger partial charge in [-0.3, -0.25) is 4.79 Å². The quantitative estimate of drug-likeness (QED) is 0.742. The lowest BCUT2D eigenvalue weighted by atomic mass is 9.85. The van der Waals surface area contributed by atoms with Crippen molar-refractivity contribution in [2.24, 2.45) is 17.6 Å². The van der Waals surface area contributed by atoms with E-state index in [0.29, 0.717) is 6.04 Å². The first-order chi connectivity index (χ1) is 8.65. The van der Waals surface area contributed by atoms with Crippen LogP contribution in [0.3, 0.4) is 0 Å². The zero-order valence-electron chi connectivity index (χ0n) is 11.7. The van der Waals surface area contributed by atoms with E-state index in [1.807, 2.05) is 0 Å². The molecule has 4 unspecified atom stereocenters. The highest BCUT2D eigenvalue weighted by atomic mass is 16.1. The molecule has 0 heterocycles. The average molecular weight is 252 g/mol. The van der Waals surface area contributed by atoms with E-state index in [9.17, 15) is 4.79 Å². The lowest BCUT2D eigenvalue weighted by molar-refractivity contribution is -0.126. The molecule has 2 saturated carbocycles. The van der Waals surface area contributed by atoms with Crippen LogP contribution in [0, 0.1) is 11.8 Å². The molecule has 104 valence electrons. The van der Waals surface area contributed by atoms with Gasteiger partial charge in [-0.25, -0.2) is 0 Å². The third kappa shape index (κ3) is 3.98. The molecule has 18 heavy (non-hydrogen) atoms. The Balaban J connectivity index is 1.79. The summed E-state index contributed by atoms with van der Waals surface area (Å²) >= 11 is 0. The normalized spacial score (nSPS) is 37.9. The number of hydrogen-bond acceptors (Lipinski definition) is 2. The molecule has 3 nitrogen and oxygen atoms in total. The molecule has 2 aliphatic rings. The van der Waals surface area contributed by atoms with Gasteiger partial charge in [0, 0.05) is 18.0 Å². The van der Waals surface area contributed by atoms with Crippen LogP contribution < -0.4 is 11.1 Å². The smallest absolute Gasteiger partial charge is 0.223 e. The monoisotopic (exact) mass is 252 g/mol. The van der Waals surface area contributed by atoms with E-state index < -0.39 is 0 Å². The van der Waals surface area contributed by atoms with Crippen molar-refractivity contribution in [3.05, 3.63) is 0 Å². The Morgan fingerprint density at radius 3 is 2.61 bits per heavy atom. The summed E-state index contributed by atoms with van der Waals surface area (Å²) in [6, 6.07) is 0.657. The number of nitrogens with one attached hydrogen (secondary N) is 1. The van der Waals surface area contributed by atoms with Crippen molar-refractivity contribution in [2.45, 2.75) is 76.8 Å². The SMILES string of the molecule is CC1CCCC(NC(=O)C2CCCC(N)C2)CC1. The van der Waals surface area contributed by atoms with Crippen LogP contribution in [-0.2, 0) is 4.79 Å². The topological polar surface area (TPSA) is 55.1 Å². The molecule has 0 radical (unpaired) electrons. The van der Waals surface area contributed by atoms with Gasteiger partial charge >= 0.3 is 0 Å². The number of nitrogens with two attached hydrogens (primary N) is 1. The molecule has 3 N–H and O–H groups in total. The minimum atomic E-state index is 0.175. The summed E-state index contributed by atoms with van der Waals surface area (Å²) in [4.78, 5) is 12.2. The van der Waals surface area contributed by atoms with Crippen molar-refractivity contribution < 1.29 is 4.79 Å². The number of hydrogen-bond donors (Lipinski definition) is 2. The molecule has 3 heteroatoms. The van der Waals surface area contributed by atoms with E-state index in [2.05, 4.69) is 12.2 Å². The Morgan fingerprint density at radius 2 is 1.83 bits per heavy atom. The summed E-state index contributed by atoms with van der Waals surface area (Å²) in [6.07, 6.45) is 10.3. The number of carbonyl (C=O) groups excluding carboxylic acids is 1. The second-order valence-electron chi connectivity index (χ2n) is 6.44. The maximum Gasteiger partial charge on any atom is 0.223 e. The van der Waals surface area contributed by atoms with Crippen molar-refractivity contribution in [1.29, 1.82) is 0 Å². The molecule has 2 fully saturated rings. The molecule has 0 spiro atoms. The van der Waals surface area contributed by atoms with Gasteiger partial charge in [0.2, 0.25) is 5.91 Å². The second-order valence-corrected chi connectivity index (χ2v) is 6.44. The van der Waals surface area contributed by atoms with Crippen LogP contribution >= 0.6 is 0 Å². The zero-order chi connectivity index (χ0) is 13.0. The Hall–Kier alpha value is -0.570. The van der Waals surface area contributed by atoms with Gasteiger partial charge in [-0.1, -0.05) is 26.2 Å². The fraction of sp³-hybridized carbons (Fsp3) is 0.933. The van der Waals surface area contributed by atoms with E-state index in [1.165, 1.54) is 19.3 Å². The Labute approximate surface area is 111 Å². The lowest BCUT2D eigenvalue weighted by Crippen LogP contribution is -2.42. The fourth-order valence-corrected chi connectivity index (χ4v) is 3.42. The molecule has 0 aliphatic heterocycles. The highest BCUT2D eigenvalue weighted by molar-refractivity contribution is 5.79. The van der Waals surface area contributed by atoms with Crippen LogP contribution in [0.15, 0.2) is 0 Å². The first-order valence-corrected chi connectivity index (χ1v) is 7.71. The fourth-order valence-electron chi connectivity index (χ4n) is 3.42. The molecular formula is C15H28N2O. The largest absolute Gasteiger partial charge is 0.353 e. The summed E-state index contributed by atoms with van der Waals surface area (Å²) in [5, 5.41) is 3.28. The molecule has 2 rings (SSSR count). The minimum Gasteiger partial charge on any atom is -0.353 e. The first-order valence-electron chi connectivity index (χ1n) is 7.71. The van der Waals surface area contributed by atoms with Crippen LogP contribution in [-0.4, -0.2) is 18.0 Å². The maximum atomic E-state index is 12.2. The summed E-state index contributed by atoms with van der Waals surface area (Å²) in [6.45, 7) is 2.32. The van der Waals surface area contributed by atoms with Gasteiger partial charge in [0.25, 0.3) is 0 Å². The van der Waals surface area contributed by atoms with Crippen molar-refractivity contribution in [1.82, 2.24) is 5.32 Å². The zero-order valence-corrected chi connectivity index (χ0v) is 11.7. The standard InChI is InChI=1S/C15H28N2O/c1-11-4-2-7-14(9-8-11)17-15(18)12-5-3-6-13(16)10-12/h11-14H,2-10,16H2,1H3,(H,17,18). The Morgan fingerprint density at radius 1 is 1.06 bits per heavy atom. The number of amides is 1. The van der Waals surface area contributed by atoms with Gasteiger partial charge in [-0.2, -0.15) is 0 Å². The third-order valence-electron chi connectivity index (χ3n) is 4.69. The molecule has 4 atom stereocenters. The van der Waals surface area contributed by atoms with E-state index >= 15 is 0 Å². The maximum absolute atomic E-state index is 12.2. The second kappa shape index (κ2) is 6.55. The van der Waals surface area contributed by atoms with Gasteiger partial charge in [0.1, 0.15) is 0 Å². The third-order valence-corrected chi connectivity index (χ3v) is 4.69. The lowest BCUT2D eigenvalue weighted by Gasteiger charge is -2.27. The highest BCUT2D eigenvalue weighted by Crippen LogP contribution is 2.25. The Bertz CT molecular complexity index is 280. The molecule has 0 saturated heterocycles. The minimum absolute atomic E-state index is 0.175. The Kier molecular flexibility index (Phi) is 5.04. The highest BCUT2D eigenvalue weighted by Gasteiger charge is 2.27. The van der Waals surface area contributed by atoms with Crippen LogP contribution in [0.25, 0.3) is 0 Å². The average Bonchev–Trinajstić information content (AvgIpc) is 2.54.